The van der Waals surface area contributed by atoms with Crippen molar-refractivity contribution in [2.75, 3.05) is 19.0 Å². The van der Waals surface area contributed by atoms with Gasteiger partial charge >= 0.3 is 0 Å². The maximum atomic E-state index is 7.70. The molecule has 0 aliphatic heterocycles. The minimum absolute atomic E-state index is 0.316. The normalized spacial score (nSPS) is 15.6. The number of nitrogens with one attached hydrogen (secondary N) is 2. The summed E-state index contributed by atoms with van der Waals surface area (Å²) in [6, 6.07) is 2.06. The molecule has 2 rings (SSSR count). The molecule has 1 saturated carbocycles. The minimum Gasteiger partial charge on any atom is -0.384 e. The molecule has 1 aromatic heterocycles. The monoisotopic (exact) mass is 263 g/mol. The van der Waals surface area contributed by atoms with Crippen molar-refractivity contribution in [1.29, 1.82) is 5.41 Å². The third-order valence-corrected chi connectivity index (χ3v) is 3.05. The van der Waals surface area contributed by atoms with Gasteiger partial charge in [0.05, 0.1) is 12.3 Å². The van der Waals surface area contributed by atoms with Crippen molar-refractivity contribution in [2.45, 2.75) is 32.1 Å². The molecule has 104 valence electrons. The average molecular weight is 263 g/mol. The summed E-state index contributed by atoms with van der Waals surface area (Å²) < 4.78 is 6.75. The van der Waals surface area contributed by atoms with Gasteiger partial charge in [0.25, 0.3) is 0 Å². The molecule has 19 heavy (non-hydrogen) atoms. The number of aromatic nitrogens is 2. The summed E-state index contributed by atoms with van der Waals surface area (Å²) in [6.45, 7) is 2.37. The van der Waals surface area contributed by atoms with E-state index in [1.165, 1.54) is 12.8 Å². The molecule has 0 radical (unpaired) electrons. The van der Waals surface area contributed by atoms with Gasteiger partial charge in [0.1, 0.15) is 17.5 Å². The van der Waals surface area contributed by atoms with E-state index in [9.17, 15) is 0 Å². The summed E-state index contributed by atoms with van der Waals surface area (Å²) in [6.07, 6.45) is 3.00. The zero-order valence-corrected chi connectivity index (χ0v) is 11.7. The number of rotatable bonds is 5. The number of hydrogen-bond acceptors (Lipinski definition) is 3. The largest absolute Gasteiger partial charge is 0.384 e. The van der Waals surface area contributed by atoms with E-state index in [0.29, 0.717) is 30.6 Å². The smallest absolute Gasteiger partial charge is 0.129 e. The molecule has 0 amide bonds. The number of aryl methyl sites for hydroxylation is 1. The van der Waals surface area contributed by atoms with Crippen molar-refractivity contribution in [3.8, 4) is 0 Å². The SMILES string of the molecule is COCCC(=N)/N=C(\C)Nc1cc(C2CC2)nn1C. The molecular formula is C13H21N5O. The van der Waals surface area contributed by atoms with E-state index in [4.69, 9.17) is 10.1 Å². The Morgan fingerprint density at radius 2 is 2.37 bits per heavy atom. The highest BCUT2D eigenvalue weighted by Crippen LogP contribution is 2.39. The van der Waals surface area contributed by atoms with E-state index in [1.807, 2.05) is 18.7 Å². The minimum atomic E-state index is 0.316. The van der Waals surface area contributed by atoms with Gasteiger partial charge in [0.15, 0.2) is 0 Å². The van der Waals surface area contributed by atoms with Crippen LogP contribution in [0.2, 0.25) is 0 Å². The second-order valence-corrected chi connectivity index (χ2v) is 4.86. The Hall–Kier alpha value is -1.69. The Balaban J connectivity index is 1.95. The van der Waals surface area contributed by atoms with Crippen LogP contribution < -0.4 is 5.32 Å². The molecule has 0 unspecified atom stereocenters. The lowest BCUT2D eigenvalue weighted by molar-refractivity contribution is 0.207. The Bertz CT molecular complexity index is 487. The number of amidine groups is 2. The maximum Gasteiger partial charge on any atom is 0.129 e. The zero-order valence-electron chi connectivity index (χ0n) is 11.7. The second-order valence-electron chi connectivity index (χ2n) is 4.86. The van der Waals surface area contributed by atoms with Crippen LogP contribution in [0.1, 0.15) is 37.8 Å². The van der Waals surface area contributed by atoms with Crippen molar-refractivity contribution in [3.63, 3.8) is 0 Å². The van der Waals surface area contributed by atoms with Gasteiger partial charge in [0, 0.05) is 32.6 Å². The van der Waals surface area contributed by atoms with Crippen LogP contribution >= 0.6 is 0 Å². The summed E-state index contributed by atoms with van der Waals surface area (Å²) in [5.41, 5.74) is 1.15. The number of nitrogens with zero attached hydrogens (tertiary/aromatic N) is 3. The first-order valence-corrected chi connectivity index (χ1v) is 6.52. The van der Waals surface area contributed by atoms with Crippen LogP contribution in [0.15, 0.2) is 11.1 Å². The Morgan fingerprint density at radius 3 is 3.00 bits per heavy atom. The summed E-state index contributed by atoms with van der Waals surface area (Å²) >= 11 is 0. The predicted molar refractivity (Wildman–Crippen MR) is 76.1 cm³/mol. The fraction of sp³-hybridized carbons (Fsp3) is 0.615. The van der Waals surface area contributed by atoms with E-state index >= 15 is 0 Å². The van der Waals surface area contributed by atoms with Crippen molar-refractivity contribution in [3.05, 3.63) is 11.8 Å². The van der Waals surface area contributed by atoms with Crippen LogP contribution in [0.4, 0.5) is 5.82 Å². The van der Waals surface area contributed by atoms with Gasteiger partial charge in [-0.1, -0.05) is 0 Å². The van der Waals surface area contributed by atoms with Gasteiger partial charge in [-0.15, -0.1) is 0 Å². The molecule has 0 spiro atoms. The van der Waals surface area contributed by atoms with Gasteiger partial charge < -0.3 is 10.1 Å². The molecule has 2 N–H and O–H groups in total. The van der Waals surface area contributed by atoms with Gasteiger partial charge in [-0.3, -0.25) is 10.1 Å². The molecule has 0 saturated heterocycles. The molecule has 1 aromatic rings. The molecule has 1 fully saturated rings. The lowest BCUT2D eigenvalue weighted by atomic mass is 10.3. The highest BCUT2D eigenvalue weighted by molar-refractivity contribution is 6.01. The molecule has 1 aliphatic carbocycles. The summed E-state index contributed by atoms with van der Waals surface area (Å²) in [5.74, 6) is 2.57. The maximum absolute atomic E-state index is 7.70. The molecular weight excluding hydrogens is 242 g/mol. The van der Waals surface area contributed by atoms with E-state index in [1.54, 1.807) is 7.11 Å². The van der Waals surface area contributed by atoms with E-state index in [2.05, 4.69) is 21.5 Å². The first kappa shape index (κ1) is 13.7. The van der Waals surface area contributed by atoms with Gasteiger partial charge in [0.2, 0.25) is 0 Å². The number of hydrogen-bond donors (Lipinski definition) is 2. The third kappa shape index (κ3) is 3.89. The third-order valence-electron chi connectivity index (χ3n) is 3.05. The number of methoxy groups -OCH3 is 1. The molecule has 6 nitrogen and oxygen atoms in total. The fourth-order valence-corrected chi connectivity index (χ4v) is 1.86. The Morgan fingerprint density at radius 1 is 1.63 bits per heavy atom. The summed E-state index contributed by atoms with van der Waals surface area (Å²) in [5, 5.41) is 15.4. The van der Waals surface area contributed by atoms with Crippen molar-refractivity contribution in [1.82, 2.24) is 9.78 Å². The molecule has 1 aliphatic rings. The van der Waals surface area contributed by atoms with Crippen molar-refractivity contribution >= 4 is 17.5 Å². The average Bonchev–Trinajstić information content (AvgIpc) is 3.13. The van der Waals surface area contributed by atoms with Crippen LogP contribution in [0.5, 0.6) is 0 Å². The van der Waals surface area contributed by atoms with Gasteiger partial charge in [-0.2, -0.15) is 5.10 Å². The molecule has 0 atom stereocenters. The fourth-order valence-electron chi connectivity index (χ4n) is 1.86. The van der Waals surface area contributed by atoms with Crippen LogP contribution in [-0.2, 0) is 11.8 Å². The summed E-state index contributed by atoms with van der Waals surface area (Å²) in [7, 11) is 3.54. The highest BCUT2D eigenvalue weighted by Gasteiger charge is 2.26. The number of ether oxygens (including phenoxy) is 1. The summed E-state index contributed by atoms with van der Waals surface area (Å²) in [4.78, 5) is 4.19. The van der Waals surface area contributed by atoms with E-state index in [-0.39, 0.29) is 0 Å². The standard InChI is InChI=1S/C13H21N5O/c1-9(15-12(14)6-7-19-3)16-13-8-11(10-4-5-10)17-18(13)2/h8,10H,4-7H2,1-3H3,(H2,14,15,16). The van der Waals surface area contributed by atoms with E-state index in [0.717, 1.165) is 11.5 Å². The highest BCUT2D eigenvalue weighted by atomic mass is 16.5. The zero-order chi connectivity index (χ0) is 13.8. The molecule has 1 heterocycles. The quantitative estimate of drug-likeness (QED) is 0.631. The van der Waals surface area contributed by atoms with E-state index < -0.39 is 0 Å². The molecule has 0 aromatic carbocycles. The first-order valence-electron chi connectivity index (χ1n) is 6.52. The number of aliphatic imine (C=N–C) groups is 1. The van der Waals surface area contributed by atoms with Crippen LogP contribution in [0, 0.1) is 5.41 Å². The Kier molecular flexibility index (Phi) is 4.31. The first-order chi connectivity index (χ1) is 9.10. The topological polar surface area (TPSA) is 75.3 Å². The van der Waals surface area contributed by atoms with Crippen LogP contribution in [-0.4, -0.2) is 35.2 Å². The van der Waals surface area contributed by atoms with Crippen LogP contribution in [0.3, 0.4) is 0 Å². The number of anilines is 1. The molecule has 6 heteroatoms. The van der Waals surface area contributed by atoms with Crippen molar-refractivity contribution in [2.24, 2.45) is 12.0 Å². The van der Waals surface area contributed by atoms with Gasteiger partial charge in [-0.25, -0.2) is 4.99 Å². The predicted octanol–water partition coefficient (Wildman–Crippen LogP) is 2.14. The lowest BCUT2D eigenvalue weighted by Gasteiger charge is -2.05. The lowest BCUT2D eigenvalue weighted by Crippen LogP contribution is -2.13. The van der Waals surface area contributed by atoms with Gasteiger partial charge in [-0.05, 0) is 19.8 Å². The second kappa shape index (κ2) is 5.97. The van der Waals surface area contributed by atoms with Crippen LogP contribution in [0.25, 0.3) is 0 Å². The Labute approximate surface area is 113 Å². The van der Waals surface area contributed by atoms with Crippen molar-refractivity contribution < 1.29 is 4.74 Å². The molecule has 0 bridgehead atoms.